The van der Waals surface area contributed by atoms with Crippen LogP contribution in [0.25, 0.3) is 10.8 Å². The second-order valence-electron chi connectivity index (χ2n) is 3.08. The lowest BCUT2D eigenvalue weighted by molar-refractivity contribution is 0.413. The van der Waals surface area contributed by atoms with E-state index in [4.69, 9.17) is 4.74 Å². The summed E-state index contributed by atoms with van der Waals surface area (Å²) in [5, 5.41) is 11.5. The van der Waals surface area contributed by atoms with E-state index in [-0.39, 0.29) is 5.75 Å². The summed E-state index contributed by atoms with van der Waals surface area (Å²) in [6.07, 6.45) is 0. The third-order valence-corrected chi connectivity index (χ3v) is 3.88. The molecule has 2 aromatic carbocycles. The fraction of sp³-hybridized carbons (Fsp3) is 0.0909. The van der Waals surface area contributed by atoms with E-state index in [9.17, 15) is 5.11 Å². The van der Waals surface area contributed by atoms with Crippen LogP contribution in [0.15, 0.2) is 33.2 Å². The van der Waals surface area contributed by atoms with E-state index in [1.165, 1.54) is 0 Å². The van der Waals surface area contributed by atoms with Gasteiger partial charge in [-0.05, 0) is 56.1 Å². The van der Waals surface area contributed by atoms with Gasteiger partial charge in [-0.15, -0.1) is 0 Å². The first-order chi connectivity index (χ1) is 7.15. The highest BCUT2D eigenvalue weighted by Gasteiger charge is 2.09. The molecule has 0 atom stereocenters. The second-order valence-corrected chi connectivity index (χ2v) is 4.66. The number of hydrogen-bond acceptors (Lipinski definition) is 2. The van der Waals surface area contributed by atoms with Crippen LogP contribution < -0.4 is 4.74 Å². The van der Waals surface area contributed by atoms with Crippen molar-refractivity contribution in [3.05, 3.63) is 33.2 Å². The fourth-order valence-corrected chi connectivity index (χ4v) is 2.58. The summed E-state index contributed by atoms with van der Waals surface area (Å²) >= 11 is 6.82. The van der Waals surface area contributed by atoms with Crippen molar-refractivity contribution in [3.8, 4) is 11.5 Å². The molecule has 0 bridgehead atoms. The van der Waals surface area contributed by atoms with E-state index >= 15 is 0 Å². The van der Waals surface area contributed by atoms with Gasteiger partial charge in [0.05, 0.1) is 16.1 Å². The molecule has 0 aliphatic rings. The molecular weight excluding hydrogens is 324 g/mol. The number of fused-ring (bicyclic) bond motifs is 1. The Balaban J connectivity index is 2.85. The van der Waals surface area contributed by atoms with Crippen LogP contribution in [-0.2, 0) is 0 Å². The van der Waals surface area contributed by atoms with Gasteiger partial charge >= 0.3 is 0 Å². The number of hydrogen-bond donors (Lipinski definition) is 1. The molecular formula is C11H8Br2O2. The van der Waals surface area contributed by atoms with Gasteiger partial charge in [0.25, 0.3) is 0 Å². The van der Waals surface area contributed by atoms with Crippen molar-refractivity contribution in [2.75, 3.05) is 7.11 Å². The monoisotopic (exact) mass is 330 g/mol. The summed E-state index contributed by atoms with van der Waals surface area (Å²) in [4.78, 5) is 0. The van der Waals surface area contributed by atoms with E-state index in [1.54, 1.807) is 13.2 Å². The molecule has 0 aromatic heterocycles. The van der Waals surface area contributed by atoms with Gasteiger partial charge in [0.1, 0.15) is 11.5 Å². The fourth-order valence-electron chi connectivity index (χ4n) is 1.46. The Bertz CT molecular complexity index is 523. The van der Waals surface area contributed by atoms with E-state index in [0.29, 0.717) is 4.47 Å². The van der Waals surface area contributed by atoms with Crippen molar-refractivity contribution >= 4 is 42.6 Å². The van der Waals surface area contributed by atoms with Crippen LogP contribution in [0.1, 0.15) is 0 Å². The Kier molecular flexibility index (Phi) is 2.89. The predicted octanol–water partition coefficient (Wildman–Crippen LogP) is 4.08. The zero-order valence-corrected chi connectivity index (χ0v) is 11.1. The maximum atomic E-state index is 9.54. The smallest absolute Gasteiger partial charge is 0.133 e. The molecule has 4 heteroatoms. The highest BCUT2D eigenvalue weighted by atomic mass is 79.9. The average Bonchev–Trinajstić information content (AvgIpc) is 2.24. The molecule has 15 heavy (non-hydrogen) atoms. The Morgan fingerprint density at radius 3 is 2.27 bits per heavy atom. The highest BCUT2D eigenvalue weighted by molar-refractivity contribution is 9.11. The Morgan fingerprint density at radius 2 is 1.60 bits per heavy atom. The molecule has 2 rings (SSSR count). The summed E-state index contributed by atoms with van der Waals surface area (Å²) < 4.78 is 6.79. The number of rotatable bonds is 1. The number of phenolic OH excluding ortho intramolecular Hbond substituents is 1. The van der Waals surface area contributed by atoms with Gasteiger partial charge in [0.15, 0.2) is 0 Å². The van der Waals surface area contributed by atoms with Gasteiger partial charge in [-0.25, -0.2) is 0 Å². The Morgan fingerprint density at radius 1 is 1.00 bits per heavy atom. The molecule has 0 spiro atoms. The Labute approximate surface area is 104 Å². The van der Waals surface area contributed by atoms with Crippen molar-refractivity contribution < 1.29 is 9.84 Å². The minimum Gasteiger partial charge on any atom is -0.507 e. The van der Waals surface area contributed by atoms with Crippen LogP contribution in [-0.4, -0.2) is 12.2 Å². The molecule has 2 nitrogen and oxygen atoms in total. The van der Waals surface area contributed by atoms with E-state index in [1.807, 2.05) is 18.2 Å². The van der Waals surface area contributed by atoms with Gasteiger partial charge in [0, 0.05) is 10.8 Å². The topological polar surface area (TPSA) is 29.5 Å². The number of aromatic hydroxyl groups is 1. The zero-order chi connectivity index (χ0) is 11.0. The van der Waals surface area contributed by atoms with Gasteiger partial charge in [-0.3, -0.25) is 0 Å². The van der Waals surface area contributed by atoms with Crippen molar-refractivity contribution in [3.63, 3.8) is 0 Å². The first-order valence-electron chi connectivity index (χ1n) is 4.29. The van der Waals surface area contributed by atoms with E-state index in [0.717, 1.165) is 21.0 Å². The number of phenols is 1. The lowest BCUT2D eigenvalue weighted by Crippen LogP contribution is -1.86. The summed E-state index contributed by atoms with van der Waals surface area (Å²) in [6.45, 7) is 0. The first-order valence-corrected chi connectivity index (χ1v) is 5.87. The highest BCUT2D eigenvalue weighted by Crippen LogP contribution is 2.39. The van der Waals surface area contributed by atoms with Gasteiger partial charge in [0.2, 0.25) is 0 Å². The molecule has 0 unspecified atom stereocenters. The molecule has 1 N–H and O–H groups in total. The summed E-state index contributed by atoms with van der Waals surface area (Å²) in [5.74, 6) is 1.01. The molecule has 0 heterocycles. The van der Waals surface area contributed by atoms with Crippen LogP contribution in [0.3, 0.4) is 0 Å². The normalized spacial score (nSPS) is 10.6. The number of methoxy groups -OCH3 is 1. The predicted molar refractivity (Wildman–Crippen MR) is 67.6 cm³/mol. The summed E-state index contributed by atoms with van der Waals surface area (Å²) in [6, 6.07) is 7.26. The van der Waals surface area contributed by atoms with Crippen LogP contribution in [0.5, 0.6) is 11.5 Å². The third kappa shape index (κ3) is 1.72. The summed E-state index contributed by atoms with van der Waals surface area (Å²) in [7, 11) is 1.63. The first kappa shape index (κ1) is 10.8. The van der Waals surface area contributed by atoms with Gasteiger partial charge in [-0.2, -0.15) is 0 Å². The average molecular weight is 332 g/mol. The molecule has 0 aliphatic carbocycles. The molecule has 2 aromatic rings. The second kappa shape index (κ2) is 4.02. The van der Waals surface area contributed by atoms with Crippen LogP contribution >= 0.6 is 31.9 Å². The number of ether oxygens (including phenoxy) is 1. The Hall–Kier alpha value is -0.740. The van der Waals surface area contributed by atoms with Crippen molar-refractivity contribution in [2.45, 2.75) is 0 Å². The zero-order valence-electron chi connectivity index (χ0n) is 7.92. The van der Waals surface area contributed by atoms with Crippen LogP contribution in [0.4, 0.5) is 0 Å². The SMILES string of the molecule is COc1ccc2c(Br)c(O)ccc2c1Br. The largest absolute Gasteiger partial charge is 0.507 e. The molecule has 0 fully saturated rings. The van der Waals surface area contributed by atoms with E-state index < -0.39 is 0 Å². The molecule has 0 aliphatic heterocycles. The lowest BCUT2D eigenvalue weighted by Gasteiger charge is -2.08. The van der Waals surface area contributed by atoms with Crippen LogP contribution in [0, 0.1) is 0 Å². The van der Waals surface area contributed by atoms with Gasteiger partial charge < -0.3 is 9.84 Å². The standard InChI is InChI=1S/C11H8Br2O2/c1-15-9-5-3-6-7(11(9)13)2-4-8(14)10(6)12/h2-5,14H,1H3. The quantitative estimate of drug-likeness (QED) is 0.853. The van der Waals surface area contributed by atoms with Gasteiger partial charge in [-0.1, -0.05) is 0 Å². The van der Waals surface area contributed by atoms with Crippen molar-refractivity contribution in [1.29, 1.82) is 0 Å². The minimum atomic E-state index is 0.236. The molecule has 0 saturated carbocycles. The van der Waals surface area contributed by atoms with Crippen molar-refractivity contribution in [1.82, 2.24) is 0 Å². The molecule has 0 saturated heterocycles. The molecule has 0 amide bonds. The third-order valence-electron chi connectivity index (χ3n) is 2.23. The maximum absolute atomic E-state index is 9.54. The maximum Gasteiger partial charge on any atom is 0.133 e. The van der Waals surface area contributed by atoms with Crippen LogP contribution in [0.2, 0.25) is 0 Å². The number of benzene rings is 2. The summed E-state index contributed by atoms with van der Waals surface area (Å²) in [5.41, 5.74) is 0. The molecule has 78 valence electrons. The minimum absolute atomic E-state index is 0.236. The molecule has 0 radical (unpaired) electrons. The van der Waals surface area contributed by atoms with Crippen molar-refractivity contribution in [2.24, 2.45) is 0 Å². The lowest BCUT2D eigenvalue weighted by atomic mass is 10.1. The number of halogens is 2. The van der Waals surface area contributed by atoms with E-state index in [2.05, 4.69) is 31.9 Å².